The Morgan fingerprint density at radius 3 is 2.90 bits per heavy atom. The minimum Gasteiger partial charge on any atom is -0.480 e. The van der Waals surface area contributed by atoms with Gasteiger partial charge in [0.25, 0.3) is 0 Å². The van der Waals surface area contributed by atoms with Crippen LogP contribution in [0.1, 0.15) is 0 Å². The van der Waals surface area contributed by atoms with Gasteiger partial charge < -0.3 is 20.2 Å². The third kappa shape index (κ3) is 3.03. The molecule has 0 saturated heterocycles. The van der Waals surface area contributed by atoms with Crippen LogP contribution in [0, 0.1) is 0 Å². The molecular formula is C12H16N4O4. The van der Waals surface area contributed by atoms with E-state index in [1.807, 2.05) is 0 Å². The van der Waals surface area contributed by atoms with Crippen LogP contribution in [-0.2, 0) is 11.3 Å². The molecule has 1 aromatic heterocycles. The van der Waals surface area contributed by atoms with Crippen molar-refractivity contribution in [2.24, 2.45) is 0 Å². The molecule has 0 saturated carbocycles. The normalized spacial score (nSPS) is 12.6. The minimum absolute atomic E-state index is 0.108. The van der Waals surface area contributed by atoms with Crippen molar-refractivity contribution < 1.29 is 20.1 Å². The quantitative estimate of drug-likeness (QED) is 0.641. The second kappa shape index (κ2) is 5.85. The molecular weight excluding hydrogens is 264 g/mol. The largest absolute Gasteiger partial charge is 0.480 e. The Bertz CT molecular complexity index is 613. The van der Waals surface area contributed by atoms with E-state index >= 15 is 0 Å². The summed E-state index contributed by atoms with van der Waals surface area (Å²) in [4.78, 5) is 12.3. The summed E-state index contributed by atoms with van der Waals surface area (Å²) in [6.45, 7) is -0.305. The van der Waals surface area contributed by atoms with E-state index in [2.05, 4.69) is 10.3 Å². The molecule has 1 aromatic carbocycles. The van der Waals surface area contributed by atoms with Crippen LogP contribution in [0.3, 0.4) is 0 Å². The van der Waals surface area contributed by atoms with E-state index in [-0.39, 0.29) is 19.7 Å². The number of hydrogen-bond acceptors (Lipinski definition) is 6. The fourth-order valence-electron chi connectivity index (χ4n) is 1.88. The Morgan fingerprint density at radius 1 is 1.50 bits per heavy atom. The number of likely N-dealkylation sites (N-methyl/N-ethyl adjacent to an activating group) is 1. The van der Waals surface area contributed by atoms with E-state index in [4.69, 9.17) is 10.2 Å². The predicted octanol–water partition coefficient (Wildman–Crippen LogP) is -0.695. The Labute approximate surface area is 114 Å². The van der Waals surface area contributed by atoms with Gasteiger partial charge in [0.05, 0.1) is 24.8 Å². The summed E-state index contributed by atoms with van der Waals surface area (Å²) in [6.07, 6.45) is -0.894. The second-order valence-corrected chi connectivity index (χ2v) is 4.53. The van der Waals surface area contributed by atoms with Gasteiger partial charge in [0.1, 0.15) is 12.1 Å². The summed E-state index contributed by atoms with van der Waals surface area (Å²) < 4.78 is 1.50. The third-order valence-corrected chi connectivity index (χ3v) is 2.91. The molecule has 0 aliphatic heterocycles. The van der Waals surface area contributed by atoms with Crippen LogP contribution in [-0.4, -0.2) is 62.6 Å². The van der Waals surface area contributed by atoms with Crippen molar-refractivity contribution in [1.82, 2.24) is 15.0 Å². The number of aliphatic carboxylic acids is 1. The molecule has 2 rings (SSSR count). The second-order valence-electron chi connectivity index (χ2n) is 4.53. The molecule has 2 aromatic rings. The molecule has 0 radical (unpaired) electrons. The van der Waals surface area contributed by atoms with Crippen LogP contribution in [0.4, 0.5) is 5.69 Å². The average Bonchev–Trinajstić information content (AvgIpc) is 2.80. The molecule has 8 nitrogen and oxygen atoms in total. The molecule has 0 aliphatic rings. The number of fused-ring (bicyclic) bond motifs is 1. The smallest absolute Gasteiger partial charge is 0.323 e. The first-order valence-electron chi connectivity index (χ1n) is 6.06. The fourth-order valence-corrected chi connectivity index (χ4v) is 1.88. The van der Waals surface area contributed by atoms with Crippen LogP contribution in [0.2, 0.25) is 0 Å². The number of rotatable bonds is 6. The molecule has 8 heteroatoms. The van der Waals surface area contributed by atoms with Crippen molar-refractivity contribution in [3.05, 3.63) is 18.2 Å². The van der Waals surface area contributed by atoms with E-state index in [0.29, 0.717) is 11.0 Å². The third-order valence-electron chi connectivity index (χ3n) is 2.91. The summed E-state index contributed by atoms with van der Waals surface area (Å²) in [5.41, 5.74) is 2.03. The first-order valence-corrected chi connectivity index (χ1v) is 6.06. The van der Waals surface area contributed by atoms with Crippen molar-refractivity contribution in [3.8, 4) is 0 Å². The Hall–Kier alpha value is -2.19. The number of nitrogens with zero attached hydrogens (tertiary/aromatic N) is 4. The molecule has 0 spiro atoms. The van der Waals surface area contributed by atoms with Gasteiger partial charge in [-0.15, -0.1) is 5.10 Å². The first kappa shape index (κ1) is 14.2. The first-order chi connectivity index (χ1) is 9.51. The Balaban J connectivity index is 2.25. The maximum atomic E-state index is 10.7. The van der Waals surface area contributed by atoms with Gasteiger partial charge in [0.2, 0.25) is 0 Å². The lowest BCUT2D eigenvalue weighted by Gasteiger charge is -2.16. The Kier molecular flexibility index (Phi) is 4.16. The highest BCUT2D eigenvalue weighted by Crippen LogP contribution is 2.19. The van der Waals surface area contributed by atoms with Crippen LogP contribution in [0.25, 0.3) is 11.0 Å². The number of carboxylic acid groups (broad SMARTS) is 1. The standard InChI is InChI=1S/C12H16N4O4/c1-15(6-12(19)20)8-2-3-11-10(4-8)13-14-16(11)5-9(18)7-17/h2-4,9,17-18H,5-7H2,1H3,(H,19,20). The molecule has 0 bridgehead atoms. The van der Waals surface area contributed by atoms with Crippen molar-refractivity contribution in [3.63, 3.8) is 0 Å². The summed E-state index contributed by atoms with van der Waals surface area (Å²) in [7, 11) is 1.68. The van der Waals surface area contributed by atoms with E-state index in [9.17, 15) is 9.90 Å². The molecule has 1 unspecified atom stereocenters. The lowest BCUT2D eigenvalue weighted by molar-refractivity contribution is -0.135. The molecule has 0 fully saturated rings. The molecule has 1 heterocycles. The predicted molar refractivity (Wildman–Crippen MR) is 71.5 cm³/mol. The maximum Gasteiger partial charge on any atom is 0.323 e. The van der Waals surface area contributed by atoms with Crippen LogP contribution in [0.5, 0.6) is 0 Å². The van der Waals surface area contributed by atoms with E-state index < -0.39 is 12.1 Å². The zero-order valence-corrected chi connectivity index (χ0v) is 11.0. The van der Waals surface area contributed by atoms with Crippen molar-refractivity contribution in [2.45, 2.75) is 12.6 Å². The van der Waals surface area contributed by atoms with Gasteiger partial charge in [0, 0.05) is 12.7 Å². The maximum absolute atomic E-state index is 10.7. The summed E-state index contributed by atoms with van der Waals surface area (Å²) in [6, 6.07) is 5.25. The van der Waals surface area contributed by atoms with Gasteiger partial charge in [0.15, 0.2) is 0 Å². The molecule has 1 atom stereocenters. The number of hydrogen-bond donors (Lipinski definition) is 3. The van der Waals surface area contributed by atoms with Gasteiger partial charge in [-0.05, 0) is 18.2 Å². The molecule has 0 amide bonds. The highest BCUT2D eigenvalue weighted by molar-refractivity contribution is 5.80. The van der Waals surface area contributed by atoms with Gasteiger partial charge in [-0.1, -0.05) is 5.21 Å². The highest BCUT2D eigenvalue weighted by atomic mass is 16.4. The van der Waals surface area contributed by atoms with Crippen molar-refractivity contribution >= 4 is 22.7 Å². The topological polar surface area (TPSA) is 112 Å². The lowest BCUT2D eigenvalue weighted by Crippen LogP contribution is -2.25. The van der Waals surface area contributed by atoms with Crippen molar-refractivity contribution in [2.75, 3.05) is 25.1 Å². The number of aliphatic hydroxyl groups is 2. The molecule has 3 N–H and O–H groups in total. The van der Waals surface area contributed by atoms with Gasteiger partial charge >= 0.3 is 5.97 Å². The highest BCUT2D eigenvalue weighted by Gasteiger charge is 2.11. The zero-order chi connectivity index (χ0) is 14.7. The number of carbonyl (C=O) groups is 1. The number of aromatic nitrogens is 3. The van der Waals surface area contributed by atoms with Crippen LogP contribution < -0.4 is 4.90 Å². The average molecular weight is 280 g/mol. The number of benzene rings is 1. The summed E-state index contributed by atoms with van der Waals surface area (Å²) >= 11 is 0. The van der Waals surface area contributed by atoms with Crippen LogP contribution in [0.15, 0.2) is 18.2 Å². The van der Waals surface area contributed by atoms with Crippen LogP contribution >= 0.6 is 0 Å². The lowest BCUT2D eigenvalue weighted by atomic mass is 10.2. The minimum atomic E-state index is -0.915. The van der Waals surface area contributed by atoms with E-state index in [1.165, 1.54) is 4.68 Å². The molecule has 20 heavy (non-hydrogen) atoms. The fraction of sp³-hybridized carbons (Fsp3) is 0.417. The molecule has 0 aliphatic carbocycles. The monoisotopic (exact) mass is 280 g/mol. The van der Waals surface area contributed by atoms with E-state index in [1.54, 1.807) is 30.1 Å². The number of carboxylic acids is 1. The SMILES string of the molecule is CN(CC(=O)O)c1ccc2c(c1)nnn2CC(O)CO. The number of aliphatic hydroxyl groups excluding tert-OH is 2. The number of anilines is 1. The Morgan fingerprint density at radius 2 is 2.25 bits per heavy atom. The van der Waals surface area contributed by atoms with Gasteiger partial charge in [-0.2, -0.15) is 0 Å². The molecule has 108 valence electrons. The van der Waals surface area contributed by atoms with Gasteiger partial charge in [-0.25, -0.2) is 4.68 Å². The summed E-state index contributed by atoms with van der Waals surface area (Å²) in [5, 5.41) is 34.9. The zero-order valence-electron chi connectivity index (χ0n) is 11.0. The van der Waals surface area contributed by atoms with Gasteiger partial charge in [-0.3, -0.25) is 4.79 Å². The summed E-state index contributed by atoms with van der Waals surface area (Å²) in [5.74, 6) is -0.915. The van der Waals surface area contributed by atoms with E-state index in [0.717, 1.165) is 5.69 Å². The van der Waals surface area contributed by atoms with Crippen molar-refractivity contribution in [1.29, 1.82) is 0 Å².